The Morgan fingerprint density at radius 3 is 2.35 bits per heavy atom. The number of halogens is 3. The van der Waals surface area contributed by atoms with Crippen molar-refractivity contribution in [2.75, 3.05) is 13.1 Å². The van der Waals surface area contributed by atoms with Gasteiger partial charge in [-0.2, -0.15) is 13.2 Å². The number of hydrogen-bond donors (Lipinski definition) is 1. The van der Waals surface area contributed by atoms with E-state index in [4.69, 9.17) is 5.73 Å². The van der Waals surface area contributed by atoms with Crippen molar-refractivity contribution in [1.82, 2.24) is 4.90 Å². The molecule has 5 nitrogen and oxygen atoms in total. The zero-order chi connectivity index (χ0) is 17.3. The van der Waals surface area contributed by atoms with Crippen molar-refractivity contribution in [2.45, 2.75) is 35.7 Å². The number of benzene rings is 1. The van der Waals surface area contributed by atoms with Gasteiger partial charge in [-0.1, -0.05) is 0 Å². The smallest absolute Gasteiger partial charge is 0.334 e. The summed E-state index contributed by atoms with van der Waals surface area (Å²) in [5.41, 5.74) is 0.420. The number of sulfone groups is 1. The molecule has 128 valence electrons. The van der Waals surface area contributed by atoms with Gasteiger partial charge in [-0.15, -0.1) is 0 Å². The lowest BCUT2D eigenvalue weighted by Gasteiger charge is -2.35. The minimum Gasteiger partial charge on any atom is -0.334 e. The van der Waals surface area contributed by atoms with Crippen molar-refractivity contribution in [2.24, 2.45) is 5.73 Å². The Bertz CT molecular complexity index is 672. The Morgan fingerprint density at radius 2 is 1.83 bits per heavy atom. The van der Waals surface area contributed by atoms with Crippen LogP contribution in [0.5, 0.6) is 0 Å². The Kier molecular flexibility index (Phi) is 5.00. The van der Waals surface area contributed by atoms with Crippen LogP contribution < -0.4 is 5.73 Å². The summed E-state index contributed by atoms with van der Waals surface area (Å²) in [5.74, 6) is -0.351. The molecule has 0 aliphatic carbocycles. The highest BCUT2D eigenvalue weighted by atomic mass is 32.2. The zero-order valence-corrected chi connectivity index (χ0v) is 13.0. The summed E-state index contributed by atoms with van der Waals surface area (Å²) in [6, 6.07) is 3.70. The Balaban J connectivity index is 2.24. The topological polar surface area (TPSA) is 80.5 Å². The average Bonchev–Trinajstić information content (AvgIpc) is 2.53. The van der Waals surface area contributed by atoms with E-state index in [-0.39, 0.29) is 17.5 Å². The van der Waals surface area contributed by atoms with Crippen LogP contribution >= 0.6 is 0 Å². The number of nitrogens with two attached hydrogens (primary N) is 1. The second kappa shape index (κ2) is 6.48. The lowest BCUT2D eigenvalue weighted by Crippen LogP contribution is -2.47. The van der Waals surface area contributed by atoms with E-state index in [2.05, 4.69) is 0 Å². The van der Waals surface area contributed by atoms with Crippen LogP contribution in [-0.4, -0.2) is 43.9 Å². The summed E-state index contributed by atoms with van der Waals surface area (Å²) in [6.07, 6.45) is 2.58. The molecule has 1 atom stereocenters. The molecule has 1 aliphatic rings. The van der Waals surface area contributed by atoms with E-state index in [0.717, 1.165) is 43.5 Å². The number of piperidine rings is 1. The number of nitrogens with zero attached hydrogens (tertiary/aromatic N) is 1. The normalized spacial score (nSPS) is 19.7. The first-order valence-electron chi connectivity index (χ1n) is 7.11. The third-order valence-electron chi connectivity index (χ3n) is 3.88. The van der Waals surface area contributed by atoms with Crippen molar-refractivity contribution in [3.8, 4) is 0 Å². The van der Waals surface area contributed by atoms with Gasteiger partial charge in [0.25, 0.3) is 15.7 Å². The largest absolute Gasteiger partial charge is 0.501 e. The number of amides is 1. The zero-order valence-electron chi connectivity index (χ0n) is 12.2. The molecule has 0 bridgehead atoms. The van der Waals surface area contributed by atoms with Crippen LogP contribution in [0.1, 0.15) is 29.6 Å². The minimum atomic E-state index is -5.40. The third kappa shape index (κ3) is 3.50. The molecule has 0 spiro atoms. The Hall–Kier alpha value is -1.61. The summed E-state index contributed by atoms with van der Waals surface area (Å²) in [4.78, 5) is 13.1. The maximum absolute atomic E-state index is 12.5. The average molecular weight is 350 g/mol. The first-order valence-corrected chi connectivity index (χ1v) is 8.59. The van der Waals surface area contributed by atoms with Crippen LogP contribution in [0, 0.1) is 0 Å². The predicted octanol–water partition coefficient (Wildman–Crippen LogP) is 1.93. The number of alkyl halides is 3. The maximum atomic E-state index is 12.5. The van der Waals surface area contributed by atoms with Crippen LogP contribution in [0.2, 0.25) is 0 Å². The summed E-state index contributed by atoms with van der Waals surface area (Å²) < 4.78 is 60.1. The molecular formula is C14H17F3N2O3S. The van der Waals surface area contributed by atoms with Gasteiger partial charge in [-0.25, -0.2) is 8.42 Å². The van der Waals surface area contributed by atoms with Gasteiger partial charge in [-0.05, 0) is 43.5 Å². The molecule has 1 aromatic carbocycles. The summed E-state index contributed by atoms with van der Waals surface area (Å²) in [6.45, 7) is 0.843. The number of likely N-dealkylation sites (tertiary alicyclic amines) is 1. The lowest BCUT2D eigenvalue weighted by molar-refractivity contribution is -0.0436. The molecule has 1 heterocycles. The van der Waals surface area contributed by atoms with E-state index in [0.29, 0.717) is 13.1 Å². The molecule has 1 amide bonds. The molecule has 0 radical (unpaired) electrons. The molecule has 0 aromatic heterocycles. The van der Waals surface area contributed by atoms with Crippen LogP contribution in [-0.2, 0) is 9.84 Å². The third-order valence-corrected chi connectivity index (χ3v) is 5.38. The quantitative estimate of drug-likeness (QED) is 0.903. The molecule has 2 N–H and O–H groups in total. The highest BCUT2D eigenvalue weighted by Crippen LogP contribution is 2.30. The molecule has 1 saturated heterocycles. The molecule has 1 aromatic rings. The molecule has 1 fully saturated rings. The Labute approximate surface area is 132 Å². The monoisotopic (exact) mass is 350 g/mol. The van der Waals surface area contributed by atoms with Crippen molar-refractivity contribution >= 4 is 15.7 Å². The highest BCUT2D eigenvalue weighted by molar-refractivity contribution is 7.92. The van der Waals surface area contributed by atoms with Gasteiger partial charge in [-0.3, -0.25) is 4.79 Å². The van der Waals surface area contributed by atoms with E-state index in [1.807, 2.05) is 0 Å². The van der Waals surface area contributed by atoms with Crippen LogP contribution in [0.15, 0.2) is 29.2 Å². The first kappa shape index (κ1) is 17.7. The minimum absolute atomic E-state index is 0.102. The second-order valence-electron chi connectivity index (χ2n) is 5.36. The van der Waals surface area contributed by atoms with E-state index in [9.17, 15) is 26.4 Å². The molecule has 1 aliphatic heterocycles. The van der Waals surface area contributed by atoms with Crippen molar-refractivity contribution in [3.05, 3.63) is 29.8 Å². The van der Waals surface area contributed by atoms with E-state index in [1.54, 1.807) is 4.90 Å². The molecule has 2 rings (SSSR count). The summed E-state index contributed by atoms with van der Waals surface area (Å²) in [5, 5.41) is 0. The molecule has 9 heteroatoms. The van der Waals surface area contributed by atoms with Gasteiger partial charge in [0.15, 0.2) is 0 Å². The summed E-state index contributed by atoms with van der Waals surface area (Å²) in [7, 11) is -5.40. The standard InChI is InChI=1S/C14H17F3N2O3S/c15-14(16,17)23(21,22)12-6-4-10(5-7-12)13(20)19-8-2-1-3-11(19)9-18/h4-7,11H,1-3,8-9,18H2. The van der Waals surface area contributed by atoms with Gasteiger partial charge >= 0.3 is 5.51 Å². The SMILES string of the molecule is NCC1CCCCN1C(=O)c1ccc(S(=O)(=O)C(F)(F)F)cc1. The number of rotatable bonds is 3. The molecule has 23 heavy (non-hydrogen) atoms. The van der Waals surface area contributed by atoms with Gasteiger partial charge < -0.3 is 10.6 Å². The summed E-state index contributed by atoms with van der Waals surface area (Å²) >= 11 is 0. The maximum Gasteiger partial charge on any atom is 0.501 e. The number of carbonyl (C=O) groups is 1. The molecule has 0 saturated carbocycles. The van der Waals surface area contributed by atoms with Gasteiger partial charge in [0.05, 0.1) is 4.90 Å². The van der Waals surface area contributed by atoms with Crippen LogP contribution in [0.4, 0.5) is 13.2 Å². The fourth-order valence-corrected chi connectivity index (χ4v) is 3.35. The fraction of sp³-hybridized carbons (Fsp3) is 0.500. The van der Waals surface area contributed by atoms with E-state index in [1.165, 1.54) is 0 Å². The predicted molar refractivity (Wildman–Crippen MR) is 77.4 cm³/mol. The van der Waals surface area contributed by atoms with Crippen molar-refractivity contribution < 1.29 is 26.4 Å². The van der Waals surface area contributed by atoms with E-state index < -0.39 is 20.2 Å². The number of hydrogen-bond acceptors (Lipinski definition) is 4. The molecular weight excluding hydrogens is 333 g/mol. The number of carbonyl (C=O) groups excluding carboxylic acids is 1. The van der Waals surface area contributed by atoms with Crippen molar-refractivity contribution in [3.63, 3.8) is 0 Å². The van der Waals surface area contributed by atoms with E-state index >= 15 is 0 Å². The van der Waals surface area contributed by atoms with Gasteiger partial charge in [0.2, 0.25) is 0 Å². The highest BCUT2D eigenvalue weighted by Gasteiger charge is 2.46. The molecule has 1 unspecified atom stereocenters. The van der Waals surface area contributed by atoms with Crippen molar-refractivity contribution in [1.29, 1.82) is 0 Å². The lowest BCUT2D eigenvalue weighted by atomic mass is 10.0. The Morgan fingerprint density at radius 1 is 1.22 bits per heavy atom. The van der Waals surface area contributed by atoms with Gasteiger partial charge in [0, 0.05) is 24.7 Å². The van der Waals surface area contributed by atoms with Crippen LogP contribution in [0.3, 0.4) is 0 Å². The second-order valence-corrected chi connectivity index (χ2v) is 7.30. The fourth-order valence-electron chi connectivity index (χ4n) is 2.59. The first-order chi connectivity index (χ1) is 10.7. The van der Waals surface area contributed by atoms with Crippen LogP contribution in [0.25, 0.3) is 0 Å². The van der Waals surface area contributed by atoms with Gasteiger partial charge in [0.1, 0.15) is 0 Å².